The van der Waals surface area contributed by atoms with Crippen LogP contribution in [0.25, 0.3) is 6.08 Å². The molecule has 2 aliphatic rings. The normalized spacial score (nSPS) is 21.5. The fraction of sp³-hybridized carbons (Fsp3) is 0.500. The number of nitrogens with zero attached hydrogens (tertiary/aromatic N) is 3. The topological polar surface area (TPSA) is 71.9 Å². The summed E-state index contributed by atoms with van der Waals surface area (Å²) in [6.45, 7) is 5.53. The standard InChI is InChI=1S/C18H23N3O4/c1-11-8-13(12(2)21(11)10-14-6-5-7-25-14)9-15-16(22)19(3)18(24)20(4)17(15)23/h8-9,14H,5-7,10H2,1-4H3/t14-/m1/s1. The van der Waals surface area contributed by atoms with E-state index < -0.39 is 17.8 Å². The van der Waals surface area contributed by atoms with Crippen molar-refractivity contribution in [2.45, 2.75) is 39.3 Å². The van der Waals surface area contributed by atoms with Crippen LogP contribution in [0.15, 0.2) is 11.6 Å². The van der Waals surface area contributed by atoms with Crippen LogP contribution in [0, 0.1) is 13.8 Å². The zero-order valence-corrected chi connectivity index (χ0v) is 15.0. The Morgan fingerprint density at radius 2 is 1.80 bits per heavy atom. The monoisotopic (exact) mass is 345 g/mol. The van der Waals surface area contributed by atoms with Gasteiger partial charge < -0.3 is 9.30 Å². The SMILES string of the molecule is Cc1cc(C=C2C(=O)N(C)C(=O)N(C)C2=O)c(C)n1C[C@H]1CCCO1. The number of rotatable bonds is 3. The van der Waals surface area contributed by atoms with Gasteiger partial charge in [0.15, 0.2) is 0 Å². The molecule has 7 heteroatoms. The molecule has 25 heavy (non-hydrogen) atoms. The van der Waals surface area contributed by atoms with Gasteiger partial charge in [-0.15, -0.1) is 0 Å². The van der Waals surface area contributed by atoms with Crippen LogP contribution in [0.2, 0.25) is 0 Å². The molecule has 0 bridgehead atoms. The van der Waals surface area contributed by atoms with Gasteiger partial charge in [0.1, 0.15) is 5.57 Å². The lowest BCUT2D eigenvalue weighted by atomic mass is 10.1. The van der Waals surface area contributed by atoms with Crippen molar-refractivity contribution >= 4 is 23.9 Å². The Morgan fingerprint density at radius 1 is 1.16 bits per heavy atom. The molecular formula is C18H23N3O4. The third kappa shape index (κ3) is 3.00. The number of amides is 4. The number of aryl methyl sites for hydroxylation is 1. The lowest BCUT2D eigenvalue weighted by molar-refractivity contribution is -0.134. The Bertz CT molecular complexity index is 746. The van der Waals surface area contributed by atoms with Crippen molar-refractivity contribution in [2.24, 2.45) is 0 Å². The van der Waals surface area contributed by atoms with E-state index in [2.05, 4.69) is 4.57 Å². The van der Waals surface area contributed by atoms with E-state index in [-0.39, 0.29) is 11.7 Å². The predicted octanol–water partition coefficient (Wildman–Crippen LogP) is 1.72. The third-order valence-corrected chi connectivity index (χ3v) is 4.97. The Labute approximate surface area is 146 Å². The van der Waals surface area contributed by atoms with E-state index in [0.717, 1.165) is 52.7 Å². The van der Waals surface area contributed by atoms with Crippen LogP contribution in [-0.4, -0.2) is 59.0 Å². The first kappa shape index (κ1) is 17.4. The van der Waals surface area contributed by atoms with Crippen molar-refractivity contribution in [3.8, 4) is 0 Å². The lowest BCUT2D eigenvalue weighted by Gasteiger charge is -2.28. The zero-order chi connectivity index (χ0) is 18.3. The van der Waals surface area contributed by atoms with E-state index in [0.29, 0.717) is 0 Å². The van der Waals surface area contributed by atoms with E-state index in [9.17, 15) is 14.4 Å². The summed E-state index contributed by atoms with van der Waals surface area (Å²) in [4.78, 5) is 38.4. The summed E-state index contributed by atoms with van der Waals surface area (Å²) in [6, 6.07) is 1.34. The molecule has 1 atom stereocenters. The summed E-state index contributed by atoms with van der Waals surface area (Å²) in [7, 11) is 2.75. The van der Waals surface area contributed by atoms with Gasteiger partial charge in [0.25, 0.3) is 11.8 Å². The molecule has 2 aliphatic heterocycles. The minimum Gasteiger partial charge on any atom is -0.376 e. The quantitative estimate of drug-likeness (QED) is 0.618. The minimum atomic E-state index is -0.615. The van der Waals surface area contributed by atoms with Gasteiger partial charge in [0, 0.05) is 38.6 Å². The van der Waals surface area contributed by atoms with Crippen LogP contribution < -0.4 is 0 Å². The average molecular weight is 345 g/mol. The summed E-state index contributed by atoms with van der Waals surface area (Å²) in [6.07, 6.45) is 3.91. The van der Waals surface area contributed by atoms with Crippen LogP contribution in [0.1, 0.15) is 29.8 Å². The van der Waals surface area contributed by atoms with Crippen molar-refractivity contribution in [1.29, 1.82) is 0 Å². The van der Waals surface area contributed by atoms with E-state index in [4.69, 9.17) is 4.74 Å². The third-order valence-electron chi connectivity index (χ3n) is 4.97. The van der Waals surface area contributed by atoms with Crippen molar-refractivity contribution < 1.29 is 19.1 Å². The van der Waals surface area contributed by atoms with Crippen molar-refractivity contribution in [3.05, 3.63) is 28.6 Å². The molecule has 1 aromatic rings. The summed E-state index contributed by atoms with van der Waals surface area (Å²) < 4.78 is 7.86. The number of urea groups is 1. The molecule has 4 amide bonds. The maximum Gasteiger partial charge on any atom is 0.333 e. The summed E-state index contributed by atoms with van der Waals surface area (Å²) in [5.41, 5.74) is 2.84. The van der Waals surface area contributed by atoms with Crippen LogP contribution in [0.3, 0.4) is 0 Å². The molecule has 0 radical (unpaired) electrons. The fourth-order valence-corrected chi connectivity index (χ4v) is 3.38. The van der Waals surface area contributed by atoms with Gasteiger partial charge in [-0.05, 0) is 44.4 Å². The summed E-state index contributed by atoms with van der Waals surface area (Å²) >= 11 is 0. The van der Waals surface area contributed by atoms with Gasteiger partial charge in [0.2, 0.25) is 0 Å². The molecule has 0 saturated carbocycles. The number of imide groups is 2. The first-order valence-corrected chi connectivity index (χ1v) is 8.41. The predicted molar refractivity (Wildman–Crippen MR) is 91.8 cm³/mol. The average Bonchev–Trinajstić information content (AvgIpc) is 3.19. The maximum atomic E-state index is 12.3. The Kier molecular flexibility index (Phi) is 4.51. The summed E-state index contributed by atoms with van der Waals surface area (Å²) in [5, 5.41) is 0. The van der Waals surface area contributed by atoms with Crippen molar-refractivity contribution in [1.82, 2.24) is 14.4 Å². The van der Waals surface area contributed by atoms with Crippen LogP contribution in [-0.2, 0) is 20.9 Å². The second-order valence-electron chi connectivity index (χ2n) is 6.64. The number of carbonyl (C=O) groups excluding carboxylic acids is 3. The van der Waals surface area contributed by atoms with Gasteiger partial charge in [-0.2, -0.15) is 0 Å². The second kappa shape index (κ2) is 6.48. The molecule has 7 nitrogen and oxygen atoms in total. The number of hydrogen-bond donors (Lipinski definition) is 0. The number of hydrogen-bond acceptors (Lipinski definition) is 4. The maximum absolute atomic E-state index is 12.3. The number of barbiturate groups is 1. The molecule has 2 saturated heterocycles. The largest absolute Gasteiger partial charge is 0.376 e. The molecule has 0 N–H and O–H groups in total. The van der Waals surface area contributed by atoms with E-state index in [1.54, 1.807) is 6.08 Å². The van der Waals surface area contributed by atoms with Crippen LogP contribution >= 0.6 is 0 Å². The first-order chi connectivity index (χ1) is 11.8. The zero-order valence-electron chi connectivity index (χ0n) is 15.0. The minimum absolute atomic E-state index is 0.00182. The number of ether oxygens (including phenoxy) is 1. The van der Waals surface area contributed by atoms with Gasteiger partial charge in [-0.3, -0.25) is 19.4 Å². The van der Waals surface area contributed by atoms with Gasteiger partial charge in [0.05, 0.1) is 6.10 Å². The number of carbonyl (C=O) groups is 3. The van der Waals surface area contributed by atoms with Crippen molar-refractivity contribution in [3.63, 3.8) is 0 Å². The molecule has 0 unspecified atom stereocenters. The molecule has 1 aromatic heterocycles. The number of likely N-dealkylation sites (N-methyl/N-ethyl adjacent to an activating group) is 2. The highest BCUT2D eigenvalue weighted by atomic mass is 16.5. The lowest BCUT2D eigenvalue weighted by Crippen LogP contribution is -2.52. The highest BCUT2D eigenvalue weighted by Gasteiger charge is 2.38. The van der Waals surface area contributed by atoms with Gasteiger partial charge in [-0.1, -0.05) is 0 Å². The Hall–Kier alpha value is -2.41. The second-order valence-corrected chi connectivity index (χ2v) is 6.64. The highest BCUT2D eigenvalue weighted by molar-refractivity contribution is 6.30. The van der Waals surface area contributed by atoms with E-state index in [1.807, 2.05) is 19.9 Å². The highest BCUT2D eigenvalue weighted by Crippen LogP contribution is 2.24. The van der Waals surface area contributed by atoms with E-state index >= 15 is 0 Å². The van der Waals surface area contributed by atoms with E-state index in [1.165, 1.54) is 14.1 Å². The first-order valence-electron chi connectivity index (χ1n) is 8.41. The molecule has 0 spiro atoms. The van der Waals surface area contributed by atoms with Crippen LogP contribution in [0.4, 0.5) is 4.79 Å². The molecular weight excluding hydrogens is 322 g/mol. The Morgan fingerprint density at radius 3 is 2.36 bits per heavy atom. The van der Waals surface area contributed by atoms with Gasteiger partial charge in [-0.25, -0.2) is 4.79 Å². The fourth-order valence-electron chi connectivity index (χ4n) is 3.38. The molecule has 3 heterocycles. The summed E-state index contributed by atoms with van der Waals surface area (Å²) in [5.74, 6) is -1.14. The van der Waals surface area contributed by atoms with Crippen molar-refractivity contribution in [2.75, 3.05) is 20.7 Å². The number of aromatic nitrogens is 1. The Balaban J connectivity index is 1.94. The smallest absolute Gasteiger partial charge is 0.333 e. The van der Waals surface area contributed by atoms with Crippen LogP contribution in [0.5, 0.6) is 0 Å². The van der Waals surface area contributed by atoms with Gasteiger partial charge >= 0.3 is 6.03 Å². The molecule has 3 rings (SSSR count). The molecule has 2 fully saturated rings. The molecule has 0 aliphatic carbocycles. The molecule has 0 aromatic carbocycles. The molecule has 134 valence electrons.